The third-order valence-corrected chi connectivity index (χ3v) is 6.71. The van der Waals surface area contributed by atoms with Gasteiger partial charge in [-0.25, -0.2) is 4.68 Å². The lowest BCUT2D eigenvalue weighted by atomic mass is 10.1. The SMILES string of the molecule is COc1ccc(-n2c(-c3ccc(C)cc3)nn(CN(Cc3ccccc3)Cc3ccccc3)c2=S)cc1. The molecule has 5 nitrogen and oxygen atoms in total. The molecule has 0 bridgehead atoms. The third-order valence-electron chi connectivity index (χ3n) is 6.31. The Morgan fingerprint density at radius 2 is 1.32 bits per heavy atom. The van der Waals surface area contributed by atoms with Gasteiger partial charge in [-0.15, -0.1) is 5.10 Å². The fourth-order valence-electron chi connectivity index (χ4n) is 4.38. The van der Waals surface area contributed by atoms with E-state index < -0.39 is 0 Å². The number of nitrogens with zero attached hydrogens (tertiary/aromatic N) is 4. The topological polar surface area (TPSA) is 35.2 Å². The van der Waals surface area contributed by atoms with Crippen LogP contribution in [-0.2, 0) is 19.8 Å². The Morgan fingerprint density at radius 3 is 1.86 bits per heavy atom. The lowest BCUT2D eigenvalue weighted by molar-refractivity contribution is 0.188. The van der Waals surface area contributed by atoms with E-state index in [0.29, 0.717) is 11.4 Å². The average Bonchev–Trinajstić information content (AvgIpc) is 3.25. The Kier molecular flexibility index (Phi) is 7.59. The maximum Gasteiger partial charge on any atom is 0.204 e. The van der Waals surface area contributed by atoms with Crippen molar-refractivity contribution < 1.29 is 4.74 Å². The fraction of sp³-hybridized carbons (Fsp3) is 0.161. The summed E-state index contributed by atoms with van der Waals surface area (Å²) in [4.78, 5) is 2.37. The summed E-state index contributed by atoms with van der Waals surface area (Å²) in [6, 6.07) is 37.4. The summed E-state index contributed by atoms with van der Waals surface area (Å²) in [6.07, 6.45) is 0. The van der Waals surface area contributed by atoms with E-state index >= 15 is 0 Å². The van der Waals surface area contributed by atoms with Crippen molar-refractivity contribution in [3.63, 3.8) is 0 Å². The van der Waals surface area contributed by atoms with E-state index in [1.165, 1.54) is 16.7 Å². The van der Waals surface area contributed by atoms with E-state index in [-0.39, 0.29) is 0 Å². The van der Waals surface area contributed by atoms with Crippen LogP contribution in [0, 0.1) is 11.7 Å². The van der Waals surface area contributed by atoms with E-state index in [2.05, 4.69) is 84.6 Å². The average molecular weight is 507 g/mol. The summed E-state index contributed by atoms with van der Waals surface area (Å²) < 4.78 is 9.99. The standard InChI is InChI=1S/C31H30N4OS/c1-24-13-15-27(16-14-24)30-32-34(31(37)35(30)28-17-19-29(36-2)20-18-28)23-33(21-25-9-5-3-6-10-25)22-26-11-7-4-8-12-26/h3-20H,21-23H2,1-2H3. The zero-order chi connectivity index (χ0) is 25.6. The molecule has 0 aliphatic carbocycles. The van der Waals surface area contributed by atoms with Gasteiger partial charge in [-0.2, -0.15) is 0 Å². The summed E-state index contributed by atoms with van der Waals surface area (Å²) in [7, 11) is 1.67. The highest BCUT2D eigenvalue weighted by Crippen LogP contribution is 2.25. The molecule has 0 amide bonds. The molecule has 0 fully saturated rings. The minimum Gasteiger partial charge on any atom is -0.497 e. The van der Waals surface area contributed by atoms with Gasteiger partial charge < -0.3 is 4.74 Å². The molecule has 186 valence electrons. The molecule has 0 radical (unpaired) electrons. The van der Waals surface area contributed by atoms with Gasteiger partial charge in [-0.05, 0) is 54.5 Å². The van der Waals surface area contributed by atoms with Crippen LogP contribution in [0.3, 0.4) is 0 Å². The molecule has 5 aromatic rings. The van der Waals surface area contributed by atoms with Gasteiger partial charge >= 0.3 is 0 Å². The summed E-state index contributed by atoms with van der Waals surface area (Å²) >= 11 is 6.03. The van der Waals surface area contributed by atoms with Crippen molar-refractivity contribution in [3.05, 3.63) is 131 Å². The zero-order valence-electron chi connectivity index (χ0n) is 21.1. The summed E-state index contributed by atoms with van der Waals surface area (Å²) in [5.41, 5.74) is 5.67. The Bertz CT molecular complexity index is 1450. The minimum atomic E-state index is 0.560. The van der Waals surface area contributed by atoms with Crippen molar-refractivity contribution in [3.8, 4) is 22.8 Å². The Balaban J connectivity index is 1.55. The summed E-state index contributed by atoms with van der Waals surface area (Å²) in [5.74, 6) is 1.62. The Morgan fingerprint density at radius 1 is 0.757 bits per heavy atom. The van der Waals surface area contributed by atoms with Gasteiger partial charge in [0.15, 0.2) is 5.82 Å². The van der Waals surface area contributed by atoms with E-state index in [4.69, 9.17) is 22.1 Å². The second-order valence-corrected chi connectivity index (χ2v) is 9.47. The molecule has 4 aromatic carbocycles. The van der Waals surface area contributed by atoms with Gasteiger partial charge in [-0.1, -0.05) is 90.5 Å². The molecule has 0 aliphatic rings. The summed E-state index contributed by atoms with van der Waals surface area (Å²) in [6.45, 7) is 4.22. The molecule has 1 aromatic heterocycles. The van der Waals surface area contributed by atoms with Crippen LogP contribution in [0.4, 0.5) is 0 Å². The molecule has 0 spiro atoms. The minimum absolute atomic E-state index is 0.560. The first-order valence-corrected chi connectivity index (χ1v) is 12.7. The first-order chi connectivity index (χ1) is 18.1. The monoisotopic (exact) mass is 506 g/mol. The predicted octanol–water partition coefficient (Wildman–Crippen LogP) is 7.05. The van der Waals surface area contributed by atoms with E-state index in [9.17, 15) is 0 Å². The molecule has 37 heavy (non-hydrogen) atoms. The quantitative estimate of drug-likeness (QED) is 0.201. The number of aryl methyl sites for hydroxylation is 1. The molecule has 0 aliphatic heterocycles. The van der Waals surface area contributed by atoms with E-state index in [0.717, 1.165) is 35.9 Å². The number of hydrogen-bond donors (Lipinski definition) is 0. The zero-order valence-corrected chi connectivity index (χ0v) is 21.9. The number of ether oxygens (including phenoxy) is 1. The molecule has 0 unspecified atom stereocenters. The highest BCUT2D eigenvalue weighted by Gasteiger charge is 2.17. The maximum absolute atomic E-state index is 6.03. The highest BCUT2D eigenvalue weighted by atomic mass is 32.1. The Hall–Kier alpha value is -4.00. The molecule has 5 rings (SSSR count). The third kappa shape index (κ3) is 5.88. The normalized spacial score (nSPS) is 11.1. The lowest BCUT2D eigenvalue weighted by Crippen LogP contribution is -2.26. The van der Waals surface area contributed by atoms with E-state index in [1.807, 2.05) is 45.6 Å². The van der Waals surface area contributed by atoms with Crippen molar-refractivity contribution in [2.45, 2.75) is 26.7 Å². The van der Waals surface area contributed by atoms with Gasteiger partial charge in [-0.3, -0.25) is 9.47 Å². The summed E-state index contributed by atoms with van der Waals surface area (Å²) in [5, 5.41) is 5.05. The predicted molar refractivity (Wildman–Crippen MR) is 151 cm³/mol. The smallest absolute Gasteiger partial charge is 0.204 e. The van der Waals surface area contributed by atoms with Gasteiger partial charge in [0.1, 0.15) is 5.75 Å². The van der Waals surface area contributed by atoms with Crippen LogP contribution in [0.2, 0.25) is 0 Å². The molecular formula is C31H30N4OS. The van der Waals surface area contributed by atoms with Crippen LogP contribution < -0.4 is 4.74 Å². The van der Waals surface area contributed by atoms with Crippen molar-refractivity contribution in [2.75, 3.05) is 7.11 Å². The maximum atomic E-state index is 6.03. The van der Waals surface area contributed by atoms with Gasteiger partial charge in [0.2, 0.25) is 4.77 Å². The van der Waals surface area contributed by atoms with Crippen LogP contribution in [0.1, 0.15) is 16.7 Å². The molecular weight excluding hydrogens is 476 g/mol. The van der Waals surface area contributed by atoms with Crippen LogP contribution in [0.25, 0.3) is 17.1 Å². The molecule has 6 heteroatoms. The number of benzene rings is 4. The highest BCUT2D eigenvalue weighted by molar-refractivity contribution is 7.71. The Labute approximate surface area is 223 Å². The van der Waals surface area contributed by atoms with Crippen LogP contribution >= 0.6 is 12.2 Å². The van der Waals surface area contributed by atoms with Crippen molar-refractivity contribution >= 4 is 12.2 Å². The first-order valence-electron chi connectivity index (χ1n) is 12.3. The molecule has 0 N–H and O–H groups in total. The van der Waals surface area contributed by atoms with Gasteiger partial charge in [0.05, 0.1) is 19.5 Å². The first kappa shape index (κ1) is 24.7. The van der Waals surface area contributed by atoms with Gasteiger partial charge in [0.25, 0.3) is 0 Å². The van der Waals surface area contributed by atoms with E-state index in [1.54, 1.807) is 7.11 Å². The molecule has 0 saturated heterocycles. The van der Waals surface area contributed by atoms with Crippen LogP contribution in [0.15, 0.2) is 109 Å². The van der Waals surface area contributed by atoms with Gasteiger partial charge in [0, 0.05) is 18.7 Å². The van der Waals surface area contributed by atoms with Crippen molar-refractivity contribution in [1.82, 2.24) is 19.2 Å². The number of hydrogen-bond acceptors (Lipinski definition) is 4. The van der Waals surface area contributed by atoms with Crippen molar-refractivity contribution in [2.24, 2.45) is 0 Å². The molecule has 1 heterocycles. The molecule has 0 atom stereocenters. The second kappa shape index (κ2) is 11.4. The van der Waals surface area contributed by atoms with Crippen LogP contribution in [0.5, 0.6) is 5.75 Å². The number of methoxy groups -OCH3 is 1. The largest absolute Gasteiger partial charge is 0.497 e. The van der Waals surface area contributed by atoms with Crippen molar-refractivity contribution in [1.29, 1.82) is 0 Å². The van der Waals surface area contributed by atoms with Crippen LogP contribution in [-0.4, -0.2) is 26.4 Å². The fourth-order valence-corrected chi connectivity index (χ4v) is 4.67. The second-order valence-electron chi connectivity index (χ2n) is 9.10. The lowest BCUT2D eigenvalue weighted by Gasteiger charge is -2.22. The number of aromatic nitrogens is 3. The number of rotatable bonds is 9. The molecule has 0 saturated carbocycles.